The van der Waals surface area contributed by atoms with Crippen molar-refractivity contribution in [2.24, 2.45) is 29.6 Å². The predicted molar refractivity (Wildman–Crippen MR) is 77.7 cm³/mol. The van der Waals surface area contributed by atoms with Crippen LogP contribution in [-0.4, -0.2) is 33.0 Å². The van der Waals surface area contributed by atoms with E-state index in [9.17, 15) is 8.42 Å². The van der Waals surface area contributed by atoms with E-state index in [1.54, 1.807) is 6.92 Å². The molecule has 2 bridgehead atoms. The van der Waals surface area contributed by atoms with Gasteiger partial charge in [0.1, 0.15) is 9.84 Å². The molecule has 5 unspecified atom stereocenters. The zero-order chi connectivity index (χ0) is 13.6. The summed E-state index contributed by atoms with van der Waals surface area (Å²) in [6.45, 7) is 1.74. The molecule has 0 saturated heterocycles. The van der Waals surface area contributed by atoms with Gasteiger partial charge in [-0.25, -0.2) is 8.42 Å². The molecule has 0 aliphatic heterocycles. The molecule has 5 atom stereocenters. The van der Waals surface area contributed by atoms with Gasteiger partial charge in [-0.2, -0.15) is 0 Å². The van der Waals surface area contributed by atoms with Crippen LogP contribution in [0.1, 0.15) is 39.0 Å². The molecular formula is C15H27NO2S. The highest BCUT2D eigenvalue weighted by Crippen LogP contribution is 2.70. The molecule has 4 heteroatoms. The van der Waals surface area contributed by atoms with E-state index in [4.69, 9.17) is 0 Å². The summed E-state index contributed by atoms with van der Waals surface area (Å²) in [5.74, 6) is 5.51. The highest BCUT2D eigenvalue weighted by Gasteiger charge is 2.66. The van der Waals surface area contributed by atoms with Crippen molar-refractivity contribution in [3.05, 3.63) is 0 Å². The minimum atomic E-state index is -2.78. The highest BCUT2D eigenvalue weighted by atomic mass is 32.2. The molecule has 3 rings (SSSR count). The van der Waals surface area contributed by atoms with Gasteiger partial charge in [0, 0.05) is 11.8 Å². The van der Waals surface area contributed by atoms with Crippen LogP contribution in [0, 0.1) is 29.6 Å². The molecule has 3 saturated carbocycles. The van der Waals surface area contributed by atoms with Crippen LogP contribution in [0.2, 0.25) is 0 Å². The van der Waals surface area contributed by atoms with Gasteiger partial charge in [0.2, 0.25) is 0 Å². The van der Waals surface area contributed by atoms with E-state index in [2.05, 4.69) is 12.4 Å². The van der Waals surface area contributed by atoms with E-state index in [0.29, 0.717) is 11.8 Å². The van der Waals surface area contributed by atoms with Crippen LogP contribution in [0.3, 0.4) is 0 Å². The average molecular weight is 285 g/mol. The van der Waals surface area contributed by atoms with Gasteiger partial charge in [-0.1, -0.05) is 6.92 Å². The fourth-order valence-corrected chi connectivity index (χ4v) is 6.02. The summed E-state index contributed by atoms with van der Waals surface area (Å²) in [5, 5.41) is 3.47. The number of rotatable bonds is 7. The van der Waals surface area contributed by atoms with Crippen LogP contribution in [0.25, 0.3) is 0 Å². The molecule has 0 aromatic rings. The highest BCUT2D eigenvalue weighted by molar-refractivity contribution is 7.91. The Bertz CT molecular complexity index is 417. The number of sulfone groups is 1. The Kier molecular flexibility index (Phi) is 3.67. The van der Waals surface area contributed by atoms with Crippen molar-refractivity contribution in [3.63, 3.8) is 0 Å². The van der Waals surface area contributed by atoms with Crippen LogP contribution < -0.4 is 5.32 Å². The van der Waals surface area contributed by atoms with Crippen molar-refractivity contribution in [2.45, 2.75) is 45.1 Å². The van der Waals surface area contributed by atoms with Crippen molar-refractivity contribution in [1.82, 2.24) is 5.32 Å². The normalized spacial score (nSPS) is 41.3. The SMILES string of the molecule is CCS(=O)(=O)CCCC(NC)C1C2C3CCC(C3)C21. The number of hydrogen-bond acceptors (Lipinski definition) is 3. The van der Waals surface area contributed by atoms with E-state index in [1.807, 2.05) is 0 Å². The minimum absolute atomic E-state index is 0.288. The lowest BCUT2D eigenvalue weighted by atomic mass is 9.95. The van der Waals surface area contributed by atoms with E-state index < -0.39 is 9.84 Å². The summed E-state index contributed by atoms with van der Waals surface area (Å²) >= 11 is 0. The summed E-state index contributed by atoms with van der Waals surface area (Å²) in [6, 6.07) is 0.561. The zero-order valence-electron chi connectivity index (χ0n) is 12.1. The second-order valence-electron chi connectivity index (χ2n) is 6.84. The Morgan fingerprint density at radius 1 is 1.21 bits per heavy atom. The summed E-state index contributed by atoms with van der Waals surface area (Å²) < 4.78 is 23.1. The van der Waals surface area contributed by atoms with Crippen molar-refractivity contribution in [1.29, 1.82) is 0 Å². The van der Waals surface area contributed by atoms with Gasteiger partial charge in [-0.05, 0) is 68.7 Å². The van der Waals surface area contributed by atoms with Crippen molar-refractivity contribution < 1.29 is 8.42 Å². The number of fused-ring (bicyclic) bond motifs is 5. The Labute approximate surface area is 117 Å². The molecule has 3 fully saturated rings. The average Bonchev–Trinajstić information content (AvgIpc) is 2.81. The first kappa shape index (κ1) is 13.9. The Balaban J connectivity index is 1.50. The lowest BCUT2D eigenvalue weighted by molar-refractivity contribution is 0.362. The van der Waals surface area contributed by atoms with Gasteiger partial charge in [-0.3, -0.25) is 0 Å². The first-order valence-corrected chi connectivity index (χ1v) is 9.77. The molecule has 0 radical (unpaired) electrons. The van der Waals surface area contributed by atoms with Crippen LogP contribution in [-0.2, 0) is 9.84 Å². The van der Waals surface area contributed by atoms with Gasteiger partial charge in [-0.15, -0.1) is 0 Å². The van der Waals surface area contributed by atoms with Crippen molar-refractivity contribution in [2.75, 3.05) is 18.6 Å². The lowest BCUT2D eigenvalue weighted by Crippen LogP contribution is -2.30. The molecule has 0 heterocycles. The fourth-order valence-electron chi connectivity index (χ4n) is 5.13. The van der Waals surface area contributed by atoms with Crippen LogP contribution >= 0.6 is 0 Å². The number of hydrogen-bond donors (Lipinski definition) is 1. The molecule has 3 nitrogen and oxygen atoms in total. The van der Waals surface area contributed by atoms with Gasteiger partial charge in [0.25, 0.3) is 0 Å². The molecule has 0 aromatic heterocycles. The van der Waals surface area contributed by atoms with E-state index >= 15 is 0 Å². The molecule has 0 amide bonds. The number of nitrogens with one attached hydrogen (secondary N) is 1. The summed E-state index contributed by atoms with van der Waals surface area (Å²) in [7, 11) is -0.734. The Hall–Kier alpha value is -0.0900. The van der Waals surface area contributed by atoms with Crippen LogP contribution in [0.15, 0.2) is 0 Å². The maximum Gasteiger partial charge on any atom is 0.150 e. The summed E-state index contributed by atoms with van der Waals surface area (Å²) in [6.07, 6.45) is 6.28. The largest absolute Gasteiger partial charge is 0.317 e. The third-order valence-electron chi connectivity index (χ3n) is 6.04. The molecule has 1 N–H and O–H groups in total. The quantitative estimate of drug-likeness (QED) is 0.779. The molecule has 0 spiro atoms. The van der Waals surface area contributed by atoms with Gasteiger partial charge in [0.15, 0.2) is 0 Å². The first-order valence-electron chi connectivity index (χ1n) is 7.95. The fraction of sp³-hybridized carbons (Fsp3) is 1.00. The Morgan fingerprint density at radius 2 is 1.84 bits per heavy atom. The second kappa shape index (κ2) is 5.03. The lowest BCUT2D eigenvalue weighted by Gasteiger charge is -2.19. The molecule has 3 aliphatic rings. The second-order valence-corrected chi connectivity index (χ2v) is 9.31. The van der Waals surface area contributed by atoms with Crippen LogP contribution in [0.4, 0.5) is 0 Å². The summed E-state index contributed by atoms with van der Waals surface area (Å²) in [5.41, 5.74) is 0. The molecule has 110 valence electrons. The predicted octanol–water partition coefficient (Wildman–Crippen LogP) is 2.08. The minimum Gasteiger partial charge on any atom is -0.317 e. The topological polar surface area (TPSA) is 46.2 Å². The van der Waals surface area contributed by atoms with Gasteiger partial charge < -0.3 is 5.32 Å². The van der Waals surface area contributed by atoms with Crippen molar-refractivity contribution in [3.8, 4) is 0 Å². The van der Waals surface area contributed by atoms with E-state index in [-0.39, 0.29) is 5.75 Å². The summed E-state index contributed by atoms with van der Waals surface area (Å²) in [4.78, 5) is 0. The third-order valence-corrected chi connectivity index (χ3v) is 7.83. The first-order chi connectivity index (χ1) is 9.07. The van der Waals surface area contributed by atoms with Gasteiger partial charge >= 0.3 is 0 Å². The van der Waals surface area contributed by atoms with Crippen molar-refractivity contribution >= 4 is 9.84 Å². The molecular weight excluding hydrogens is 258 g/mol. The molecule has 0 aromatic carbocycles. The van der Waals surface area contributed by atoms with Crippen LogP contribution in [0.5, 0.6) is 0 Å². The Morgan fingerprint density at radius 3 is 2.37 bits per heavy atom. The zero-order valence-corrected chi connectivity index (χ0v) is 13.0. The third kappa shape index (κ3) is 2.46. The molecule has 19 heavy (non-hydrogen) atoms. The monoisotopic (exact) mass is 285 g/mol. The van der Waals surface area contributed by atoms with Gasteiger partial charge in [0.05, 0.1) is 5.75 Å². The molecule has 3 aliphatic carbocycles. The maximum atomic E-state index is 11.5. The maximum absolute atomic E-state index is 11.5. The van der Waals surface area contributed by atoms with E-state index in [1.165, 1.54) is 19.3 Å². The standard InChI is InChI=1S/C15H27NO2S/c1-3-19(17,18)8-4-5-12(16-2)15-13-10-6-7-11(9-10)14(13)15/h10-16H,3-9H2,1-2H3. The smallest absolute Gasteiger partial charge is 0.150 e. The van der Waals surface area contributed by atoms with E-state index in [0.717, 1.165) is 42.4 Å².